The Hall–Kier alpha value is -1.12. The zero-order chi connectivity index (χ0) is 16.8. The Morgan fingerprint density at radius 3 is 2.68 bits per heavy atom. The van der Waals surface area contributed by atoms with Gasteiger partial charge in [-0.2, -0.15) is 0 Å². The molecule has 0 spiro atoms. The third-order valence-corrected chi connectivity index (χ3v) is 4.33. The molecule has 0 aromatic rings. The average molecular weight is 304 g/mol. The lowest BCUT2D eigenvalue weighted by Gasteiger charge is -2.24. The van der Waals surface area contributed by atoms with Crippen molar-refractivity contribution in [1.29, 1.82) is 0 Å². The van der Waals surface area contributed by atoms with E-state index in [1.54, 1.807) is 19.9 Å². The highest BCUT2D eigenvalue weighted by Gasteiger charge is 2.19. The molecule has 0 unspecified atom stereocenters. The molecule has 2 heteroatoms. The Labute approximate surface area is 135 Å². The Bertz CT molecular complexity index is 461. The highest BCUT2D eigenvalue weighted by Crippen LogP contribution is 2.29. The summed E-state index contributed by atoms with van der Waals surface area (Å²) in [7, 11) is 0. The molecule has 1 aliphatic carbocycles. The molecule has 0 radical (unpaired) electrons. The van der Waals surface area contributed by atoms with Gasteiger partial charge in [0.25, 0.3) is 0 Å². The van der Waals surface area contributed by atoms with Crippen molar-refractivity contribution in [1.82, 2.24) is 0 Å². The number of aliphatic hydroxyl groups excluding tert-OH is 1. The highest BCUT2D eigenvalue weighted by atomic mass is 16.3. The van der Waals surface area contributed by atoms with Gasteiger partial charge in [0.1, 0.15) is 0 Å². The van der Waals surface area contributed by atoms with Gasteiger partial charge in [-0.05, 0) is 71.3 Å². The van der Waals surface area contributed by atoms with E-state index in [0.717, 1.165) is 37.7 Å². The number of hydrogen-bond acceptors (Lipinski definition) is 2. The van der Waals surface area contributed by atoms with Crippen LogP contribution in [-0.4, -0.2) is 21.9 Å². The minimum absolute atomic E-state index is 0.347. The fraction of sp³-hybridized carbons (Fsp3) is 0.600. The SMILES string of the molecule is C=C1CCC=C(C)CC[C@H](/C(C)=C/C=C/C(C)(C)O)C[C@H]1O. The molecule has 2 N–H and O–H groups in total. The third-order valence-electron chi connectivity index (χ3n) is 4.33. The van der Waals surface area contributed by atoms with Gasteiger partial charge in [-0.1, -0.05) is 42.0 Å². The molecule has 2 atom stereocenters. The van der Waals surface area contributed by atoms with E-state index in [9.17, 15) is 10.2 Å². The van der Waals surface area contributed by atoms with Crippen LogP contribution in [0.25, 0.3) is 0 Å². The topological polar surface area (TPSA) is 40.5 Å². The minimum atomic E-state index is -0.791. The predicted molar refractivity (Wildman–Crippen MR) is 94.7 cm³/mol. The van der Waals surface area contributed by atoms with Gasteiger partial charge in [-0.3, -0.25) is 0 Å². The van der Waals surface area contributed by atoms with Crippen molar-refractivity contribution in [3.63, 3.8) is 0 Å². The molecule has 124 valence electrons. The first-order chi connectivity index (χ1) is 10.2. The summed E-state index contributed by atoms with van der Waals surface area (Å²) in [5, 5.41) is 20.1. The normalized spacial score (nSPS) is 26.2. The first kappa shape index (κ1) is 18.9. The van der Waals surface area contributed by atoms with Gasteiger partial charge in [-0.25, -0.2) is 0 Å². The van der Waals surface area contributed by atoms with Gasteiger partial charge in [0.2, 0.25) is 0 Å². The molecular weight excluding hydrogens is 272 g/mol. The molecule has 0 amide bonds. The van der Waals surface area contributed by atoms with Crippen molar-refractivity contribution in [3.05, 3.63) is 47.6 Å². The maximum Gasteiger partial charge on any atom is 0.0774 e. The number of allylic oxidation sites excluding steroid dienone is 5. The van der Waals surface area contributed by atoms with Gasteiger partial charge in [0.05, 0.1) is 11.7 Å². The summed E-state index contributed by atoms with van der Waals surface area (Å²) >= 11 is 0. The van der Waals surface area contributed by atoms with Crippen molar-refractivity contribution in [2.75, 3.05) is 0 Å². The first-order valence-corrected chi connectivity index (χ1v) is 8.29. The highest BCUT2D eigenvalue weighted by molar-refractivity contribution is 5.18. The van der Waals surface area contributed by atoms with E-state index in [2.05, 4.69) is 32.6 Å². The molecule has 0 saturated carbocycles. The summed E-state index contributed by atoms with van der Waals surface area (Å²) in [6.45, 7) is 11.9. The summed E-state index contributed by atoms with van der Waals surface area (Å²) in [6.07, 6.45) is 12.3. The van der Waals surface area contributed by atoms with Crippen molar-refractivity contribution >= 4 is 0 Å². The van der Waals surface area contributed by atoms with Gasteiger partial charge in [-0.15, -0.1) is 0 Å². The van der Waals surface area contributed by atoms with Crippen LogP contribution in [-0.2, 0) is 0 Å². The molecule has 0 bridgehead atoms. The van der Waals surface area contributed by atoms with Crippen LogP contribution in [0.3, 0.4) is 0 Å². The van der Waals surface area contributed by atoms with E-state index >= 15 is 0 Å². The fourth-order valence-corrected chi connectivity index (χ4v) is 2.71. The summed E-state index contributed by atoms with van der Waals surface area (Å²) in [6, 6.07) is 0. The van der Waals surface area contributed by atoms with E-state index < -0.39 is 11.7 Å². The van der Waals surface area contributed by atoms with Crippen LogP contribution in [0.5, 0.6) is 0 Å². The second kappa shape index (κ2) is 8.50. The van der Waals surface area contributed by atoms with Crippen molar-refractivity contribution in [2.24, 2.45) is 5.92 Å². The maximum absolute atomic E-state index is 10.3. The van der Waals surface area contributed by atoms with Gasteiger partial charge >= 0.3 is 0 Å². The maximum atomic E-state index is 10.3. The quantitative estimate of drug-likeness (QED) is 0.586. The molecule has 0 aromatic carbocycles. The Balaban J connectivity index is 2.85. The zero-order valence-electron chi connectivity index (χ0n) is 14.6. The summed E-state index contributed by atoms with van der Waals surface area (Å²) in [5.74, 6) is 0.347. The summed E-state index contributed by atoms with van der Waals surface area (Å²) < 4.78 is 0. The average Bonchev–Trinajstić information content (AvgIpc) is 2.40. The van der Waals surface area contributed by atoms with Crippen LogP contribution in [0.1, 0.15) is 59.8 Å². The van der Waals surface area contributed by atoms with Gasteiger partial charge < -0.3 is 10.2 Å². The molecule has 1 rings (SSSR count). The minimum Gasteiger partial charge on any atom is -0.389 e. The van der Waals surface area contributed by atoms with Crippen LogP contribution in [0.2, 0.25) is 0 Å². The fourth-order valence-electron chi connectivity index (χ4n) is 2.71. The lowest BCUT2D eigenvalue weighted by atomic mass is 9.84. The molecule has 2 nitrogen and oxygen atoms in total. The predicted octanol–water partition coefficient (Wildman–Crippen LogP) is 4.70. The summed E-state index contributed by atoms with van der Waals surface area (Å²) in [4.78, 5) is 0. The van der Waals surface area contributed by atoms with E-state index in [-0.39, 0.29) is 0 Å². The van der Waals surface area contributed by atoms with Crippen molar-refractivity contribution in [2.45, 2.75) is 71.5 Å². The Kier molecular flexibility index (Phi) is 7.31. The molecular formula is C20H32O2. The number of rotatable bonds is 3. The monoisotopic (exact) mass is 304 g/mol. The van der Waals surface area contributed by atoms with Crippen LogP contribution in [0.15, 0.2) is 47.6 Å². The largest absolute Gasteiger partial charge is 0.389 e. The second-order valence-electron chi connectivity index (χ2n) is 7.16. The zero-order valence-corrected chi connectivity index (χ0v) is 14.6. The molecule has 0 saturated heterocycles. The summed E-state index contributed by atoms with van der Waals surface area (Å²) in [5.41, 5.74) is 2.82. The molecule has 0 aliphatic heterocycles. The smallest absolute Gasteiger partial charge is 0.0774 e. The molecule has 0 heterocycles. The van der Waals surface area contributed by atoms with E-state index in [4.69, 9.17) is 0 Å². The molecule has 1 aliphatic rings. The first-order valence-electron chi connectivity index (χ1n) is 8.29. The third kappa shape index (κ3) is 7.24. The second-order valence-corrected chi connectivity index (χ2v) is 7.16. The van der Waals surface area contributed by atoms with Gasteiger partial charge in [0.15, 0.2) is 0 Å². The Morgan fingerprint density at radius 1 is 1.36 bits per heavy atom. The van der Waals surface area contributed by atoms with Crippen LogP contribution < -0.4 is 0 Å². The van der Waals surface area contributed by atoms with Crippen molar-refractivity contribution < 1.29 is 10.2 Å². The molecule has 0 aromatic heterocycles. The Morgan fingerprint density at radius 2 is 2.05 bits per heavy atom. The van der Waals surface area contributed by atoms with Crippen LogP contribution in [0.4, 0.5) is 0 Å². The standard InChI is InChI=1S/C20H32O2/c1-15-8-6-9-17(3)19(21)14-18(12-11-15)16(2)10-7-13-20(4,5)22/h7-8,10,13,18-19,21-22H,3,6,9,11-12,14H2,1-2,4-5H3/b13-7+,15-8?,16-10+/t18-,19+/m0/s1. The van der Waals surface area contributed by atoms with E-state index in [0.29, 0.717) is 5.92 Å². The van der Waals surface area contributed by atoms with Crippen molar-refractivity contribution in [3.8, 4) is 0 Å². The number of aliphatic hydroxyl groups is 2. The lowest BCUT2D eigenvalue weighted by molar-refractivity contribution is 0.133. The van der Waals surface area contributed by atoms with Crippen LogP contribution >= 0.6 is 0 Å². The molecule has 0 fully saturated rings. The number of hydrogen-bond donors (Lipinski definition) is 2. The van der Waals surface area contributed by atoms with E-state index in [1.165, 1.54) is 11.1 Å². The van der Waals surface area contributed by atoms with Gasteiger partial charge in [0, 0.05) is 0 Å². The molecule has 22 heavy (non-hydrogen) atoms. The van der Waals surface area contributed by atoms with Crippen LogP contribution in [0, 0.1) is 5.92 Å². The lowest BCUT2D eigenvalue weighted by Crippen LogP contribution is -2.17. The van der Waals surface area contributed by atoms with E-state index in [1.807, 2.05) is 6.08 Å².